The average Bonchev–Trinajstić information content (AvgIpc) is 3.61. The summed E-state index contributed by atoms with van der Waals surface area (Å²) in [5, 5.41) is 15.2. The number of benzene rings is 2. The molecule has 2 aliphatic rings. The monoisotopic (exact) mass is 451 g/mol. The molecule has 0 atom stereocenters. The van der Waals surface area contributed by atoms with Gasteiger partial charge in [0, 0.05) is 63.8 Å². The molecule has 0 aromatic heterocycles. The molecule has 0 aliphatic carbocycles. The summed E-state index contributed by atoms with van der Waals surface area (Å²) in [4.78, 5) is 13.3. The molecule has 2 fully saturated rings. The van der Waals surface area contributed by atoms with Crippen molar-refractivity contribution in [2.24, 2.45) is 9.98 Å². The minimum Gasteiger partial charge on any atom is -0.593 e. The van der Waals surface area contributed by atoms with Crippen LogP contribution in [0, 0.1) is 0 Å². The molecule has 6 nitrogen and oxygen atoms in total. The molecule has 2 heterocycles. The quantitative estimate of drug-likeness (QED) is 0.263. The summed E-state index contributed by atoms with van der Waals surface area (Å²) >= 11 is 0. The fourth-order valence-corrected chi connectivity index (χ4v) is 2.53. The first kappa shape index (κ1) is 23.2. The van der Waals surface area contributed by atoms with Crippen molar-refractivity contribution in [1.29, 1.82) is 0 Å². The van der Waals surface area contributed by atoms with Crippen molar-refractivity contribution in [2.45, 2.75) is 0 Å². The molecule has 7 heteroatoms. The largest absolute Gasteiger partial charge is 3.00 e. The SMILES string of the molecule is [Ga+3].[OH2+]c1ccccc1C=NCCN1CC1.[OH2+]c1ccccc1C=NCCN1CC1. The van der Waals surface area contributed by atoms with E-state index in [1.165, 1.54) is 26.2 Å². The molecule has 29 heavy (non-hydrogen) atoms. The second kappa shape index (κ2) is 12.5. The smallest absolute Gasteiger partial charge is 0.593 e. The fourth-order valence-electron chi connectivity index (χ4n) is 2.53. The van der Waals surface area contributed by atoms with Crippen LogP contribution in [0.25, 0.3) is 0 Å². The van der Waals surface area contributed by atoms with Gasteiger partial charge in [-0.15, -0.1) is 0 Å². The van der Waals surface area contributed by atoms with Gasteiger partial charge in [-0.25, -0.2) is 0 Å². The van der Waals surface area contributed by atoms with Crippen molar-refractivity contribution >= 4 is 32.2 Å². The Morgan fingerprint density at radius 3 is 1.41 bits per heavy atom. The Morgan fingerprint density at radius 2 is 1.07 bits per heavy atom. The molecule has 0 spiro atoms. The van der Waals surface area contributed by atoms with E-state index in [9.17, 15) is 0 Å². The van der Waals surface area contributed by atoms with E-state index in [0.717, 1.165) is 37.3 Å². The minimum absolute atomic E-state index is 0. The van der Waals surface area contributed by atoms with Gasteiger partial charge in [-0.1, -0.05) is 24.3 Å². The molecule has 2 aromatic carbocycles. The van der Waals surface area contributed by atoms with Gasteiger partial charge in [-0.2, -0.15) is 0 Å². The molecule has 0 saturated carbocycles. The van der Waals surface area contributed by atoms with E-state index in [2.05, 4.69) is 19.8 Å². The second-order valence-corrected chi connectivity index (χ2v) is 6.93. The summed E-state index contributed by atoms with van der Waals surface area (Å²) < 4.78 is 0. The Hall–Kier alpha value is -2.06. The van der Waals surface area contributed by atoms with E-state index in [-0.39, 0.29) is 19.8 Å². The van der Waals surface area contributed by atoms with Gasteiger partial charge in [-0.05, 0) is 12.1 Å². The van der Waals surface area contributed by atoms with Crippen molar-refractivity contribution in [3.8, 4) is 11.5 Å². The van der Waals surface area contributed by atoms with Gasteiger partial charge >= 0.3 is 19.8 Å². The molecule has 0 amide bonds. The standard InChI is InChI=1S/2C11H14N2O.Ga/c2*14-11-4-2-1-3-10(11)9-12-5-6-13-7-8-13;/h2*1-4,9,14H,5-8H2;/q;;+3/p+2. The molecule has 0 bridgehead atoms. The van der Waals surface area contributed by atoms with Crippen molar-refractivity contribution in [1.82, 2.24) is 9.80 Å². The van der Waals surface area contributed by atoms with E-state index in [0.29, 0.717) is 11.5 Å². The van der Waals surface area contributed by atoms with Crippen LogP contribution in [0.5, 0.6) is 11.5 Å². The Bertz CT molecular complexity index is 737. The first-order valence-electron chi connectivity index (χ1n) is 9.78. The van der Waals surface area contributed by atoms with Gasteiger partial charge in [0.05, 0.1) is 24.2 Å². The third kappa shape index (κ3) is 9.32. The van der Waals surface area contributed by atoms with E-state index < -0.39 is 0 Å². The van der Waals surface area contributed by atoms with Gasteiger partial charge in [0.15, 0.2) is 0 Å². The van der Waals surface area contributed by atoms with Gasteiger partial charge in [0.2, 0.25) is 0 Å². The van der Waals surface area contributed by atoms with Crippen LogP contribution in [-0.4, -0.2) is 105 Å². The Labute approximate surface area is 185 Å². The van der Waals surface area contributed by atoms with E-state index >= 15 is 0 Å². The maximum atomic E-state index is 7.60. The van der Waals surface area contributed by atoms with E-state index in [1.54, 1.807) is 24.6 Å². The number of para-hydroxylation sites is 2. The predicted octanol–water partition coefficient (Wildman–Crippen LogP) is 1.34. The molecular weight excluding hydrogens is 422 g/mol. The number of nitrogens with zero attached hydrogens (tertiary/aromatic N) is 4. The first-order valence-corrected chi connectivity index (χ1v) is 9.78. The molecule has 2 saturated heterocycles. The summed E-state index contributed by atoms with van der Waals surface area (Å²) in [6, 6.07) is 15.0. The van der Waals surface area contributed by atoms with Crippen LogP contribution < -0.4 is 0 Å². The summed E-state index contributed by atoms with van der Waals surface area (Å²) in [7, 11) is 0. The zero-order valence-electron chi connectivity index (χ0n) is 16.8. The molecular formula is C22H30GaN4O2+5. The third-order valence-electron chi connectivity index (χ3n) is 4.55. The molecule has 0 radical (unpaired) electrons. The van der Waals surface area contributed by atoms with E-state index in [1.807, 2.05) is 36.4 Å². The Morgan fingerprint density at radius 1 is 0.690 bits per heavy atom. The van der Waals surface area contributed by atoms with Gasteiger partial charge in [-0.3, -0.25) is 19.8 Å². The van der Waals surface area contributed by atoms with Crippen LogP contribution in [-0.2, 0) is 0 Å². The zero-order valence-corrected chi connectivity index (χ0v) is 19.2. The van der Waals surface area contributed by atoms with Crippen LogP contribution in [0.15, 0.2) is 58.5 Å². The van der Waals surface area contributed by atoms with Crippen molar-refractivity contribution < 1.29 is 10.2 Å². The van der Waals surface area contributed by atoms with Crippen LogP contribution in [0.4, 0.5) is 0 Å². The number of rotatable bonds is 8. The maximum Gasteiger partial charge on any atom is 3.00 e. The van der Waals surface area contributed by atoms with Gasteiger partial charge in [0.25, 0.3) is 11.5 Å². The van der Waals surface area contributed by atoms with Crippen LogP contribution in [0.1, 0.15) is 11.1 Å². The van der Waals surface area contributed by atoms with Crippen LogP contribution in [0.3, 0.4) is 0 Å². The van der Waals surface area contributed by atoms with Gasteiger partial charge in [0.1, 0.15) is 0 Å². The van der Waals surface area contributed by atoms with E-state index in [4.69, 9.17) is 10.2 Å². The van der Waals surface area contributed by atoms with Crippen LogP contribution >= 0.6 is 0 Å². The normalized spacial score (nSPS) is 15.7. The molecule has 4 rings (SSSR count). The number of aliphatic imine (C=N–C) groups is 2. The fraction of sp³-hybridized carbons (Fsp3) is 0.364. The van der Waals surface area contributed by atoms with Gasteiger partial charge < -0.3 is 10.2 Å². The number of hydrogen-bond donors (Lipinski definition) is 0. The Kier molecular flexibility index (Phi) is 10.00. The molecule has 0 unspecified atom stereocenters. The number of hydrogen-bond acceptors (Lipinski definition) is 4. The molecule has 4 N–H and O–H groups in total. The summed E-state index contributed by atoms with van der Waals surface area (Å²) in [6.45, 7) is 8.69. The van der Waals surface area contributed by atoms with Crippen molar-refractivity contribution in [2.75, 3.05) is 52.4 Å². The summed E-state index contributed by atoms with van der Waals surface area (Å²) in [5.41, 5.74) is 1.80. The summed E-state index contributed by atoms with van der Waals surface area (Å²) in [5.74, 6) is 1.09. The molecule has 2 aromatic rings. The third-order valence-corrected chi connectivity index (χ3v) is 4.55. The average molecular weight is 452 g/mol. The van der Waals surface area contributed by atoms with Crippen molar-refractivity contribution in [3.63, 3.8) is 0 Å². The molecule has 2 aliphatic heterocycles. The minimum atomic E-state index is 0. The second-order valence-electron chi connectivity index (χ2n) is 6.93. The Balaban J connectivity index is 0.000000200. The molecule has 148 valence electrons. The zero-order chi connectivity index (χ0) is 19.6. The van der Waals surface area contributed by atoms with Crippen molar-refractivity contribution in [3.05, 3.63) is 59.7 Å². The topological polar surface area (TPSA) is 76.5 Å². The first-order chi connectivity index (χ1) is 13.7. The predicted molar refractivity (Wildman–Crippen MR) is 123 cm³/mol. The summed E-state index contributed by atoms with van der Waals surface area (Å²) in [6.07, 6.45) is 3.59. The van der Waals surface area contributed by atoms with Crippen LogP contribution in [0.2, 0.25) is 0 Å². The maximum absolute atomic E-state index is 7.60.